The fourth-order valence-electron chi connectivity index (χ4n) is 2.32. The van der Waals surface area contributed by atoms with Crippen LogP contribution in [0, 0.1) is 5.92 Å². The van der Waals surface area contributed by atoms with E-state index in [1.807, 2.05) is 30.3 Å². The summed E-state index contributed by atoms with van der Waals surface area (Å²) in [6.45, 7) is 3.52. The number of nitrogens with one attached hydrogen (secondary N) is 1. The molecular weight excluding hydrogens is 308 g/mol. The number of nitrogens with zero attached hydrogens (tertiary/aromatic N) is 1. The number of carboxylic acids is 1. The molecule has 1 heterocycles. The largest absolute Gasteiger partial charge is 0.480 e. The van der Waals surface area contributed by atoms with Crippen LogP contribution in [-0.4, -0.2) is 28.0 Å². The molecule has 24 heavy (non-hydrogen) atoms. The molecule has 128 valence electrons. The van der Waals surface area contributed by atoms with Gasteiger partial charge in [0.2, 0.25) is 5.91 Å². The topological polar surface area (TPSA) is 92.4 Å². The molecule has 1 amide bonds. The molecule has 0 aliphatic rings. The Morgan fingerprint density at radius 3 is 2.58 bits per heavy atom. The van der Waals surface area contributed by atoms with Crippen LogP contribution in [0.3, 0.4) is 0 Å². The van der Waals surface area contributed by atoms with E-state index in [1.165, 1.54) is 0 Å². The Morgan fingerprint density at radius 2 is 1.96 bits per heavy atom. The molecular formula is C18H22N2O4. The molecule has 0 fully saturated rings. The van der Waals surface area contributed by atoms with Gasteiger partial charge in [0.25, 0.3) is 0 Å². The van der Waals surface area contributed by atoms with Crippen molar-refractivity contribution >= 4 is 11.9 Å². The van der Waals surface area contributed by atoms with Crippen LogP contribution in [0.4, 0.5) is 0 Å². The molecule has 0 unspecified atom stereocenters. The fraction of sp³-hybridized carbons (Fsp3) is 0.389. The van der Waals surface area contributed by atoms with Gasteiger partial charge in [0, 0.05) is 18.4 Å². The number of oxazole rings is 1. The summed E-state index contributed by atoms with van der Waals surface area (Å²) in [4.78, 5) is 27.1. The highest BCUT2D eigenvalue weighted by Crippen LogP contribution is 2.20. The summed E-state index contributed by atoms with van der Waals surface area (Å²) >= 11 is 0. The number of benzene rings is 1. The average Bonchev–Trinajstić information content (AvgIpc) is 3.02. The highest BCUT2D eigenvalue weighted by molar-refractivity contribution is 5.83. The number of aromatic nitrogens is 1. The Morgan fingerprint density at radius 1 is 1.25 bits per heavy atom. The first kappa shape index (κ1) is 17.7. The first-order valence-corrected chi connectivity index (χ1v) is 7.99. The second-order valence-electron chi connectivity index (χ2n) is 5.97. The fourth-order valence-corrected chi connectivity index (χ4v) is 2.32. The van der Waals surface area contributed by atoms with Gasteiger partial charge in [-0.25, -0.2) is 9.78 Å². The maximum atomic E-state index is 11.9. The number of hydrogen-bond acceptors (Lipinski definition) is 4. The molecule has 0 spiro atoms. The number of aliphatic carboxylic acids is 1. The molecule has 0 aliphatic heterocycles. The molecule has 1 aromatic heterocycles. The van der Waals surface area contributed by atoms with Gasteiger partial charge in [-0.2, -0.15) is 0 Å². The zero-order valence-corrected chi connectivity index (χ0v) is 13.9. The number of amides is 1. The molecule has 0 aliphatic carbocycles. The van der Waals surface area contributed by atoms with Gasteiger partial charge in [-0.3, -0.25) is 4.79 Å². The van der Waals surface area contributed by atoms with E-state index in [1.54, 1.807) is 20.0 Å². The van der Waals surface area contributed by atoms with E-state index in [-0.39, 0.29) is 18.2 Å². The van der Waals surface area contributed by atoms with Gasteiger partial charge in [-0.15, -0.1) is 0 Å². The lowest BCUT2D eigenvalue weighted by atomic mass is 10.0. The molecule has 0 saturated heterocycles. The Kier molecular flexibility index (Phi) is 6.12. The maximum Gasteiger partial charge on any atom is 0.326 e. The van der Waals surface area contributed by atoms with E-state index >= 15 is 0 Å². The van der Waals surface area contributed by atoms with Crippen molar-refractivity contribution in [1.82, 2.24) is 10.3 Å². The van der Waals surface area contributed by atoms with E-state index in [0.29, 0.717) is 24.5 Å². The minimum Gasteiger partial charge on any atom is -0.480 e. The molecule has 0 saturated carbocycles. The highest BCUT2D eigenvalue weighted by atomic mass is 16.4. The average molecular weight is 330 g/mol. The number of carbonyl (C=O) groups excluding carboxylic acids is 1. The summed E-state index contributed by atoms with van der Waals surface area (Å²) in [6.07, 6.45) is 2.98. The molecule has 2 aromatic rings. The van der Waals surface area contributed by atoms with Crippen molar-refractivity contribution in [1.29, 1.82) is 0 Å². The summed E-state index contributed by atoms with van der Waals surface area (Å²) in [6, 6.07) is 8.81. The first-order chi connectivity index (χ1) is 11.5. The van der Waals surface area contributed by atoms with E-state index in [4.69, 9.17) is 9.52 Å². The van der Waals surface area contributed by atoms with Crippen molar-refractivity contribution < 1.29 is 19.1 Å². The summed E-state index contributed by atoms with van der Waals surface area (Å²) in [7, 11) is 0. The van der Waals surface area contributed by atoms with Crippen LogP contribution in [-0.2, 0) is 16.0 Å². The molecule has 6 nitrogen and oxygen atoms in total. The molecule has 0 bridgehead atoms. The van der Waals surface area contributed by atoms with Gasteiger partial charge in [-0.05, 0) is 12.3 Å². The lowest BCUT2D eigenvalue weighted by Gasteiger charge is -2.17. The van der Waals surface area contributed by atoms with Crippen LogP contribution in [0.2, 0.25) is 0 Å². The standard InChI is InChI=1S/C18H22N2O4/c1-12(2)17(18(22)23)20-15(21)9-6-10-16-19-11-14(24-16)13-7-4-3-5-8-13/h3-5,7-8,11-12,17H,6,9-10H2,1-2H3,(H,20,21)(H,22,23)/t17-/m1/s1. The van der Waals surface area contributed by atoms with Crippen molar-refractivity contribution in [3.63, 3.8) is 0 Å². The Labute approximate surface area is 140 Å². The SMILES string of the molecule is CC(C)[C@@H](NC(=O)CCCc1ncc(-c2ccccc2)o1)C(=O)O. The third-order valence-electron chi connectivity index (χ3n) is 3.66. The zero-order valence-electron chi connectivity index (χ0n) is 13.9. The Hall–Kier alpha value is -2.63. The van der Waals surface area contributed by atoms with Crippen molar-refractivity contribution in [2.45, 2.75) is 39.2 Å². The number of aryl methyl sites for hydroxylation is 1. The van der Waals surface area contributed by atoms with Crippen molar-refractivity contribution in [3.8, 4) is 11.3 Å². The predicted molar refractivity (Wildman–Crippen MR) is 89.3 cm³/mol. The van der Waals surface area contributed by atoms with E-state index in [0.717, 1.165) is 5.56 Å². The number of carboxylic acid groups (broad SMARTS) is 1. The van der Waals surface area contributed by atoms with Crippen LogP contribution in [0.15, 0.2) is 40.9 Å². The van der Waals surface area contributed by atoms with Gasteiger partial charge in [0.1, 0.15) is 6.04 Å². The van der Waals surface area contributed by atoms with E-state index in [2.05, 4.69) is 10.3 Å². The van der Waals surface area contributed by atoms with Crippen LogP contribution in [0.1, 0.15) is 32.6 Å². The summed E-state index contributed by atoms with van der Waals surface area (Å²) in [5, 5.41) is 11.6. The second-order valence-corrected chi connectivity index (χ2v) is 5.97. The summed E-state index contributed by atoms with van der Waals surface area (Å²) in [5.74, 6) is -0.183. The van der Waals surface area contributed by atoms with Crippen molar-refractivity contribution in [2.24, 2.45) is 5.92 Å². The van der Waals surface area contributed by atoms with Crippen LogP contribution >= 0.6 is 0 Å². The summed E-state index contributed by atoms with van der Waals surface area (Å²) < 4.78 is 5.67. The molecule has 0 radical (unpaired) electrons. The Balaban J connectivity index is 1.81. The van der Waals surface area contributed by atoms with E-state index in [9.17, 15) is 9.59 Å². The van der Waals surface area contributed by atoms with Gasteiger partial charge < -0.3 is 14.8 Å². The van der Waals surface area contributed by atoms with Gasteiger partial charge in [-0.1, -0.05) is 44.2 Å². The molecule has 1 aromatic carbocycles. The number of hydrogen-bond donors (Lipinski definition) is 2. The van der Waals surface area contributed by atoms with Crippen molar-refractivity contribution in [3.05, 3.63) is 42.4 Å². The van der Waals surface area contributed by atoms with Gasteiger partial charge >= 0.3 is 5.97 Å². The third kappa shape index (κ3) is 4.94. The lowest BCUT2D eigenvalue weighted by molar-refractivity contribution is -0.143. The Bertz CT molecular complexity index is 679. The molecule has 2 rings (SSSR count). The van der Waals surface area contributed by atoms with Gasteiger partial charge in [0.15, 0.2) is 11.7 Å². The summed E-state index contributed by atoms with van der Waals surface area (Å²) in [5.41, 5.74) is 0.954. The molecule has 2 N–H and O–H groups in total. The first-order valence-electron chi connectivity index (χ1n) is 7.99. The quantitative estimate of drug-likeness (QED) is 0.776. The van der Waals surface area contributed by atoms with Crippen molar-refractivity contribution in [2.75, 3.05) is 0 Å². The third-order valence-corrected chi connectivity index (χ3v) is 3.66. The zero-order chi connectivity index (χ0) is 17.5. The predicted octanol–water partition coefficient (Wildman–Crippen LogP) is 2.89. The monoisotopic (exact) mass is 330 g/mol. The van der Waals surface area contributed by atoms with Crippen LogP contribution in [0.25, 0.3) is 11.3 Å². The lowest BCUT2D eigenvalue weighted by Crippen LogP contribution is -2.44. The minimum atomic E-state index is -1.02. The number of carbonyl (C=O) groups is 2. The van der Waals surface area contributed by atoms with Gasteiger partial charge in [0.05, 0.1) is 6.20 Å². The normalized spacial score (nSPS) is 12.1. The minimum absolute atomic E-state index is 0.161. The molecule has 1 atom stereocenters. The smallest absolute Gasteiger partial charge is 0.326 e. The van der Waals surface area contributed by atoms with Crippen LogP contribution in [0.5, 0.6) is 0 Å². The molecule has 6 heteroatoms. The van der Waals surface area contributed by atoms with Crippen LogP contribution < -0.4 is 5.32 Å². The maximum absolute atomic E-state index is 11.9. The highest BCUT2D eigenvalue weighted by Gasteiger charge is 2.23. The van der Waals surface area contributed by atoms with E-state index < -0.39 is 12.0 Å². The number of rotatable bonds is 8. The second kappa shape index (κ2) is 8.29.